The fraction of sp³-hybridized carbons (Fsp3) is 0.381. The minimum atomic E-state index is 0.283. The summed E-state index contributed by atoms with van der Waals surface area (Å²) in [6.45, 7) is 3.07. The van der Waals surface area contributed by atoms with Crippen LogP contribution >= 0.6 is 0 Å². The highest BCUT2D eigenvalue weighted by molar-refractivity contribution is 5.81. The number of methoxy groups -OCH3 is 1. The molecule has 1 saturated heterocycles. The van der Waals surface area contributed by atoms with Crippen LogP contribution in [0.15, 0.2) is 42.9 Å². The number of piperazine rings is 1. The molecule has 0 bridgehead atoms. The number of anilines is 1. The number of hydrogen-bond donors (Lipinski definition) is 0. The minimum absolute atomic E-state index is 0.283. The Labute approximate surface area is 163 Å². The Balaban J connectivity index is 1.42. The highest BCUT2D eigenvalue weighted by atomic mass is 16.5. The zero-order chi connectivity index (χ0) is 19.1. The van der Waals surface area contributed by atoms with E-state index in [1.54, 1.807) is 7.11 Å². The number of ether oxygens (including phenoxy) is 1. The van der Waals surface area contributed by atoms with Crippen molar-refractivity contribution in [2.75, 3.05) is 38.2 Å². The van der Waals surface area contributed by atoms with Crippen molar-refractivity contribution in [3.63, 3.8) is 0 Å². The van der Waals surface area contributed by atoms with Crippen molar-refractivity contribution in [1.82, 2.24) is 19.3 Å². The highest BCUT2D eigenvalue weighted by Crippen LogP contribution is 2.32. The number of carbonyl (C=O) groups is 1. The Hall–Kier alpha value is -3.09. The molecule has 2 aromatic heterocycles. The lowest BCUT2D eigenvalue weighted by molar-refractivity contribution is -0.132. The average Bonchev–Trinajstić information content (AvgIpc) is 3.51. The van der Waals surface area contributed by atoms with Crippen molar-refractivity contribution in [3.8, 4) is 17.0 Å². The van der Waals surface area contributed by atoms with E-state index in [0.717, 1.165) is 67.5 Å². The molecule has 2 aliphatic rings. The third kappa shape index (κ3) is 2.96. The number of imidazole rings is 1. The third-order valence-electron chi connectivity index (χ3n) is 5.59. The van der Waals surface area contributed by atoms with Gasteiger partial charge in [-0.1, -0.05) is 12.1 Å². The first-order valence-electron chi connectivity index (χ1n) is 9.75. The summed E-state index contributed by atoms with van der Waals surface area (Å²) in [5, 5.41) is 0. The molecule has 1 aliphatic heterocycles. The van der Waals surface area contributed by atoms with E-state index in [1.807, 2.05) is 47.8 Å². The molecule has 28 heavy (non-hydrogen) atoms. The summed E-state index contributed by atoms with van der Waals surface area (Å²) in [6.07, 6.45) is 7.74. The second kappa shape index (κ2) is 6.82. The van der Waals surface area contributed by atoms with Gasteiger partial charge in [0.25, 0.3) is 0 Å². The zero-order valence-electron chi connectivity index (χ0n) is 15.9. The van der Waals surface area contributed by atoms with Crippen LogP contribution in [-0.2, 0) is 4.79 Å². The molecule has 0 N–H and O–H groups in total. The lowest BCUT2D eigenvalue weighted by Crippen LogP contribution is -2.49. The van der Waals surface area contributed by atoms with Gasteiger partial charge in [-0.2, -0.15) is 0 Å². The molecule has 7 heteroatoms. The van der Waals surface area contributed by atoms with Crippen LogP contribution in [-0.4, -0.2) is 58.5 Å². The van der Waals surface area contributed by atoms with E-state index in [1.165, 1.54) is 0 Å². The van der Waals surface area contributed by atoms with Crippen molar-refractivity contribution >= 4 is 17.4 Å². The van der Waals surface area contributed by atoms with Gasteiger partial charge in [-0.05, 0) is 25.0 Å². The molecule has 1 aliphatic carbocycles. The van der Waals surface area contributed by atoms with E-state index in [0.29, 0.717) is 5.91 Å². The minimum Gasteiger partial charge on any atom is -0.497 e. The zero-order valence-corrected chi connectivity index (χ0v) is 15.9. The Morgan fingerprint density at radius 1 is 1.14 bits per heavy atom. The summed E-state index contributed by atoms with van der Waals surface area (Å²) in [4.78, 5) is 25.8. The topological polar surface area (TPSA) is 63.0 Å². The van der Waals surface area contributed by atoms with Gasteiger partial charge in [-0.15, -0.1) is 0 Å². The van der Waals surface area contributed by atoms with Crippen LogP contribution in [0.25, 0.3) is 16.9 Å². The SMILES string of the molecule is COc1cccc(-c2cnc3c(N4CCN(C(=O)C5CC5)CC4)nccn23)c1. The van der Waals surface area contributed by atoms with Crippen molar-refractivity contribution in [2.24, 2.45) is 5.92 Å². The first-order chi connectivity index (χ1) is 13.7. The Morgan fingerprint density at radius 2 is 1.96 bits per heavy atom. The summed E-state index contributed by atoms with van der Waals surface area (Å²) >= 11 is 0. The molecule has 1 saturated carbocycles. The number of amides is 1. The summed E-state index contributed by atoms with van der Waals surface area (Å²) in [6, 6.07) is 7.97. The molecule has 3 heterocycles. The number of rotatable bonds is 4. The molecule has 1 amide bonds. The smallest absolute Gasteiger partial charge is 0.225 e. The molecule has 2 fully saturated rings. The summed E-state index contributed by atoms with van der Waals surface area (Å²) in [5.74, 6) is 2.30. The molecular formula is C21H23N5O2. The molecule has 144 valence electrons. The van der Waals surface area contributed by atoms with Crippen LogP contribution in [0.2, 0.25) is 0 Å². The van der Waals surface area contributed by atoms with Crippen LogP contribution in [0.3, 0.4) is 0 Å². The predicted molar refractivity (Wildman–Crippen MR) is 106 cm³/mol. The van der Waals surface area contributed by atoms with Crippen LogP contribution < -0.4 is 9.64 Å². The molecular weight excluding hydrogens is 354 g/mol. The normalized spacial score (nSPS) is 17.2. The Morgan fingerprint density at radius 3 is 2.71 bits per heavy atom. The third-order valence-corrected chi connectivity index (χ3v) is 5.59. The van der Waals surface area contributed by atoms with Crippen molar-refractivity contribution in [1.29, 1.82) is 0 Å². The van der Waals surface area contributed by atoms with E-state index >= 15 is 0 Å². The number of nitrogens with zero attached hydrogens (tertiary/aromatic N) is 5. The maximum absolute atomic E-state index is 12.3. The van der Waals surface area contributed by atoms with Gasteiger partial charge in [0.05, 0.1) is 19.0 Å². The van der Waals surface area contributed by atoms with E-state index in [2.05, 4.69) is 19.3 Å². The van der Waals surface area contributed by atoms with Crippen molar-refractivity contribution in [3.05, 3.63) is 42.9 Å². The van der Waals surface area contributed by atoms with Gasteiger partial charge in [-0.3, -0.25) is 9.20 Å². The molecule has 5 rings (SSSR count). The van der Waals surface area contributed by atoms with Gasteiger partial charge < -0.3 is 14.5 Å². The average molecular weight is 377 g/mol. The second-order valence-electron chi connectivity index (χ2n) is 7.41. The van der Waals surface area contributed by atoms with E-state index < -0.39 is 0 Å². The van der Waals surface area contributed by atoms with E-state index in [9.17, 15) is 4.79 Å². The van der Waals surface area contributed by atoms with Crippen molar-refractivity contribution < 1.29 is 9.53 Å². The largest absolute Gasteiger partial charge is 0.497 e. The summed E-state index contributed by atoms with van der Waals surface area (Å²) < 4.78 is 7.42. The Bertz CT molecular complexity index is 1020. The number of benzene rings is 1. The van der Waals surface area contributed by atoms with Gasteiger partial charge in [-0.25, -0.2) is 9.97 Å². The standard InChI is InChI=1S/C21H23N5O2/c1-28-17-4-2-3-16(13-17)18-14-23-20-19(22-7-8-26(18)20)24-9-11-25(12-10-24)21(27)15-5-6-15/h2-4,7-8,13-15H,5-6,9-12H2,1H3. The lowest BCUT2D eigenvalue weighted by atomic mass is 10.1. The molecule has 0 spiro atoms. The van der Waals surface area contributed by atoms with Gasteiger partial charge >= 0.3 is 0 Å². The fourth-order valence-electron chi connectivity index (χ4n) is 3.85. The first-order valence-corrected chi connectivity index (χ1v) is 9.75. The number of aromatic nitrogens is 3. The van der Waals surface area contributed by atoms with Gasteiger partial charge in [0.1, 0.15) is 5.75 Å². The highest BCUT2D eigenvalue weighted by Gasteiger charge is 2.35. The monoisotopic (exact) mass is 377 g/mol. The summed E-state index contributed by atoms with van der Waals surface area (Å²) in [5.41, 5.74) is 2.88. The quantitative estimate of drug-likeness (QED) is 0.699. The molecule has 0 radical (unpaired) electrons. The summed E-state index contributed by atoms with van der Waals surface area (Å²) in [7, 11) is 1.67. The molecule has 1 aromatic carbocycles. The van der Waals surface area contributed by atoms with Gasteiger partial charge in [0, 0.05) is 50.1 Å². The van der Waals surface area contributed by atoms with Gasteiger partial charge in [0.15, 0.2) is 11.5 Å². The second-order valence-corrected chi connectivity index (χ2v) is 7.41. The van der Waals surface area contributed by atoms with Gasteiger partial charge in [0.2, 0.25) is 5.91 Å². The number of fused-ring (bicyclic) bond motifs is 1. The van der Waals surface area contributed by atoms with E-state index in [-0.39, 0.29) is 5.92 Å². The van der Waals surface area contributed by atoms with E-state index in [4.69, 9.17) is 4.74 Å². The van der Waals surface area contributed by atoms with Crippen LogP contribution in [0.1, 0.15) is 12.8 Å². The molecule has 3 aromatic rings. The fourth-order valence-corrected chi connectivity index (χ4v) is 3.85. The predicted octanol–water partition coefficient (Wildman–Crippen LogP) is 2.46. The maximum atomic E-state index is 12.3. The van der Waals surface area contributed by atoms with Crippen LogP contribution in [0, 0.1) is 5.92 Å². The maximum Gasteiger partial charge on any atom is 0.225 e. The van der Waals surface area contributed by atoms with Crippen LogP contribution in [0.5, 0.6) is 5.75 Å². The number of carbonyl (C=O) groups excluding carboxylic acids is 1. The lowest BCUT2D eigenvalue weighted by Gasteiger charge is -2.35. The van der Waals surface area contributed by atoms with Crippen molar-refractivity contribution in [2.45, 2.75) is 12.8 Å². The Kier molecular flexibility index (Phi) is 4.15. The first kappa shape index (κ1) is 17.0. The molecule has 0 atom stereocenters. The van der Waals surface area contributed by atoms with Crippen LogP contribution in [0.4, 0.5) is 5.82 Å². The molecule has 0 unspecified atom stereocenters. The molecule has 7 nitrogen and oxygen atoms in total. The number of hydrogen-bond acceptors (Lipinski definition) is 5.